The number of nitrogens with two attached hydrogens (primary N) is 1. The molecule has 1 amide bonds. The van der Waals surface area contributed by atoms with Gasteiger partial charge in [0.25, 0.3) is 0 Å². The van der Waals surface area contributed by atoms with E-state index in [2.05, 4.69) is 0 Å². The van der Waals surface area contributed by atoms with Crippen molar-refractivity contribution in [2.45, 2.75) is 26.3 Å². The highest BCUT2D eigenvalue weighted by Gasteiger charge is 2.17. The standard InChI is InChI=1S/C18H20F2N2O/c1-2-22(12-14-15(19)7-5-8-16(14)20)18(23)11-10-13-6-3-4-9-17(13)21/h3-9H,2,10-12,21H2,1H3. The SMILES string of the molecule is CCN(Cc1c(F)cccc1F)C(=O)CCc1ccccc1N. The van der Waals surface area contributed by atoms with Crippen molar-refractivity contribution in [2.24, 2.45) is 0 Å². The van der Waals surface area contributed by atoms with E-state index in [0.29, 0.717) is 18.7 Å². The fourth-order valence-corrected chi connectivity index (χ4v) is 2.41. The average Bonchev–Trinajstić information content (AvgIpc) is 2.53. The second-order valence-corrected chi connectivity index (χ2v) is 5.31. The molecule has 23 heavy (non-hydrogen) atoms. The smallest absolute Gasteiger partial charge is 0.223 e. The summed E-state index contributed by atoms with van der Waals surface area (Å²) in [6.45, 7) is 2.10. The number of halogens is 2. The van der Waals surface area contributed by atoms with Gasteiger partial charge in [-0.25, -0.2) is 8.78 Å². The number of hydrogen-bond donors (Lipinski definition) is 1. The molecule has 2 aromatic carbocycles. The minimum atomic E-state index is -0.636. The summed E-state index contributed by atoms with van der Waals surface area (Å²) in [5.74, 6) is -1.43. The number of para-hydroxylation sites is 1. The maximum Gasteiger partial charge on any atom is 0.223 e. The summed E-state index contributed by atoms with van der Waals surface area (Å²) in [7, 11) is 0. The maximum absolute atomic E-state index is 13.7. The second-order valence-electron chi connectivity index (χ2n) is 5.31. The van der Waals surface area contributed by atoms with E-state index in [4.69, 9.17) is 5.73 Å². The number of rotatable bonds is 6. The zero-order valence-corrected chi connectivity index (χ0v) is 13.1. The summed E-state index contributed by atoms with van der Waals surface area (Å²) >= 11 is 0. The zero-order valence-electron chi connectivity index (χ0n) is 13.1. The largest absolute Gasteiger partial charge is 0.399 e. The van der Waals surface area contributed by atoms with E-state index in [1.54, 1.807) is 13.0 Å². The van der Waals surface area contributed by atoms with Gasteiger partial charge < -0.3 is 10.6 Å². The van der Waals surface area contributed by atoms with Gasteiger partial charge in [-0.05, 0) is 37.1 Å². The lowest BCUT2D eigenvalue weighted by Gasteiger charge is -2.21. The van der Waals surface area contributed by atoms with Crippen LogP contribution in [0.3, 0.4) is 0 Å². The van der Waals surface area contributed by atoms with Crippen molar-refractivity contribution >= 4 is 11.6 Å². The number of amides is 1. The van der Waals surface area contributed by atoms with Gasteiger partial charge in [-0.15, -0.1) is 0 Å². The molecule has 0 fully saturated rings. The molecule has 3 nitrogen and oxygen atoms in total. The third kappa shape index (κ3) is 4.28. The van der Waals surface area contributed by atoms with Crippen LogP contribution < -0.4 is 5.73 Å². The van der Waals surface area contributed by atoms with Crippen LogP contribution in [0.2, 0.25) is 0 Å². The Morgan fingerprint density at radius 1 is 1.09 bits per heavy atom. The summed E-state index contributed by atoms with van der Waals surface area (Å²) in [5.41, 5.74) is 7.31. The lowest BCUT2D eigenvalue weighted by molar-refractivity contribution is -0.131. The van der Waals surface area contributed by atoms with E-state index in [-0.39, 0.29) is 24.4 Å². The monoisotopic (exact) mass is 318 g/mol. The Kier molecular flexibility index (Phi) is 5.68. The predicted molar refractivity (Wildman–Crippen MR) is 86.6 cm³/mol. The normalized spacial score (nSPS) is 10.6. The van der Waals surface area contributed by atoms with E-state index in [1.807, 2.05) is 18.2 Å². The van der Waals surface area contributed by atoms with Gasteiger partial charge >= 0.3 is 0 Å². The lowest BCUT2D eigenvalue weighted by Crippen LogP contribution is -2.31. The Bertz CT molecular complexity index is 668. The molecule has 2 N–H and O–H groups in total. The molecule has 0 unspecified atom stereocenters. The Hall–Kier alpha value is -2.43. The van der Waals surface area contributed by atoms with Crippen molar-refractivity contribution in [3.05, 3.63) is 65.2 Å². The zero-order chi connectivity index (χ0) is 16.8. The van der Waals surface area contributed by atoms with Crippen molar-refractivity contribution in [3.63, 3.8) is 0 Å². The summed E-state index contributed by atoms with van der Waals surface area (Å²) in [5, 5.41) is 0. The van der Waals surface area contributed by atoms with Crippen LogP contribution in [0, 0.1) is 11.6 Å². The van der Waals surface area contributed by atoms with E-state index in [0.717, 1.165) is 5.56 Å². The predicted octanol–water partition coefficient (Wildman–Crippen LogP) is 3.53. The highest BCUT2D eigenvalue weighted by molar-refractivity contribution is 5.76. The number of carbonyl (C=O) groups is 1. The van der Waals surface area contributed by atoms with Crippen molar-refractivity contribution in [1.82, 2.24) is 4.90 Å². The van der Waals surface area contributed by atoms with Crippen LogP contribution in [-0.4, -0.2) is 17.4 Å². The first-order valence-electron chi connectivity index (χ1n) is 7.57. The Balaban J connectivity index is 2.03. The maximum atomic E-state index is 13.7. The molecule has 122 valence electrons. The fraction of sp³-hybridized carbons (Fsp3) is 0.278. The van der Waals surface area contributed by atoms with Crippen LogP contribution in [-0.2, 0) is 17.8 Å². The Morgan fingerprint density at radius 2 is 1.74 bits per heavy atom. The highest BCUT2D eigenvalue weighted by atomic mass is 19.1. The molecule has 0 radical (unpaired) electrons. The first-order chi connectivity index (χ1) is 11.0. The number of nitrogens with zero attached hydrogens (tertiary/aromatic N) is 1. The van der Waals surface area contributed by atoms with Gasteiger partial charge in [0, 0.05) is 24.2 Å². The molecule has 5 heteroatoms. The molecule has 0 aromatic heterocycles. The molecule has 0 saturated heterocycles. The number of anilines is 1. The molecule has 0 aliphatic heterocycles. The first-order valence-corrected chi connectivity index (χ1v) is 7.57. The molecule has 0 atom stereocenters. The number of hydrogen-bond acceptors (Lipinski definition) is 2. The van der Waals surface area contributed by atoms with Crippen LogP contribution in [0.4, 0.5) is 14.5 Å². The van der Waals surface area contributed by atoms with Crippen molar-refractivity contribution < 1.29 is 13.6 Å². The van der Waals surface area contributed by atoms with E-state index < -0.39 is 11.6 Å². The molecule has 0 bridgehead atoms. The van der Waals surface area contributed by atoms with Gasteiger partial charge in [0.1, 0.15) is 11.6 Å². The van der Waals surface area contributed by atoms with E-state index in [9.17, 15) is 13.6 Å². The lowest BCUT2D eigenvalue weighted by atomic mass is 10.1. The van der Waals surface area contributed by atoms with Crippen LogP contribution in [0.1, 0.15) is 24.5 Å². The topological polar surface area (TPSA) is 46.3 Å². The van der Waals surface area contributed by atoms with Gasteiger partial charge in [-0.2, -0.15) is 0 Å². The van der Waals surface area contributed by atoms with Gasteiger partial charge in [0.2, 0.25) is 5.91 Å². The molecule has 2 aromatic rings. The van der Waals surface area contributed by atoms with Gasteiger partial charge in [-0.3, -0.25) is 4.79 Å². The molecule has 0 heterocycles. The van der Waals surface area contributed by atoms with Gasteiger partial charge in [0.15, 0.2) is 0 Å². The summed E-state index contributed by atoms with van der Waals surface area (Å²) in [6, 6.07) is 11.1. The van der Waals surface area contributed by atoms with Crippen LogP contribution in [0.25, 0.3) is 0 Å². The summed E-state index contributed by atoms with van der Waals surface area (Å²) < 4.78 is 27.4. The average molecular weight is 318 g/mol. The number of carbonyl (C=O) groups excluding carboxylic acids is 1. The quantitative estimate of drug-likeness (QED) is 0.828. The fourth-order valence-electron chi connectivity index (χ4n) is 2.41. The van der Waals surface area contributed by atoms with E-state index >= 15 is 0 Å². The van der Waals surface area contributed by atoms with Gasteiger partial charge in [0.05, 0.1) is 6.54 Å². The van der Waals surface area contributed by atoms with Gasteiger partial charge in [-0.1, -0.05) is 24.3 Å². The van der Waals surface area contributed by atoms with Crippen LogP contribution >= 0.6 is 0 Å². The molecule has 2 rings (SSSR count). The highest BCUT2D eigenvalue weighted by Crippen LogP contribution is 2.17. The third-order valence-electron chi connectivity index (χ3n) is 3.81. The van der Waals surface area contributed by atoms with Crippen molar-refractivity contribution in [2.75, 3.05) is 12.3 Å². The number of benzene rings is 2. The first kappa shape index (κ1) is 16.9. The molecule has 0 saturated carbocycles. The molecular weight excluding hydrogens is 298 g/mol. The van der Waals surface area contributed by atoms with Crippen molar-refractivity contribution in [1.29, 1.82) is 0 Å². The van der Waals surface area contributed by atoms with Crippen LogP contribution in [0.5, 0.6) is 0 Å². The summed E-state index contributed by atoms with van der Waals surface area (Å²) in [4.78, 5) is 13.8. The van der Waals surface area contributed by atoms with E-state index in [1.165, 1.54) is 23.1 Å². The molecular formula is C18H20F2N2O. The number of nitrogen functional groups attached to an aromatic ring is 1. The van der Waals surface area contributed by atoms with Crippen molar-refractivity contribution in [3.8, 4) is 0 Å². The minimum absolute atomic E-state index is 0.0713. The Morgan fingerprint density at radius 3 is 2.35 bits per heavy atom. The third-order valence-corrected chi connectivity index (χ3v) is 3.81. The molecule has 0 spiro atoms. The second kappa shape index (κ2) is 7.72. The molecule has 0 aliphatic carbocycles. The Labute approximate surface area is 134 Å². The van der Waals surface area contributed by atoms with Crippen LogP contribution in [0.15, 0.2) is 42.5 Å². The minimum Gasteiger partial charge on any atom is -0.399 e. The molecule has 0 aliphatic rings. The summed E-state index contributed by atoms with van der Waals surface area (Å²) in [6.07, 6.45) is 0.750. The number of aryl methyl sites for hydroxylation is 1.